The highest BCUT2D eigenvalue weighted by molar-refractivity contribution is 7.89. The van der Waals surface area contributed by atoms with Crippen LogP contribution in [-0.2, 0) is 23.6 Å². The van der Waals surface area contributed by atoms with Crippen LogP contribution in [0, 0.1) is 0 Å². The third-order valence-electron chi connectivity index (χ3n) is 3.67. The first-order valence-corrected chi connectivity index (χ1v) is 9.06. The van der Waals surface area contributed by atoms with Gasteiger partial charge in [0.05, 0.1) is 35.6 Å². The number of nitrogens with one attached hydrogen (secondary N) is 1. The Morgan fingerprint density at radius 1 is 1.16 bits per heavy atom. The molecule has 0 spiro atoms. The Bertz CT molecular complexity index is 951. The average molecular weight is 358 g/mol. The van der Waals surface area contributed by atoms with Crippen molar-refractivity contribution in [2.45, 2.75) is 11.4 Å². The van der Waals surface area contributed by atoms with Crippen molar-refractivity contribution in [2.75, 3.05) is 7.11 Å². The van der Waals surface area contributed by atoms with Gasteiger partial charge in [0.1, 0.15) is 5.75 Å². The maximum Gasteiger partial charge on any atom is 0.240 e. The summed E-state index contributed by atoms with van der Waals surface area (Å²) in [5.41, 5.74) is 2.21. The minimum Gasteiger partial charge on any atom is -0.497 e. The molecule has 0 aliphatic heterocycles. The summed E-state index contributed by atoms with van der Waals surface area (Å²) >= 11 is 0. The van der Waals surface area contributed by atoms with Crippen molar-refractivity contribution in [3.8, 4) is 17.1 Å². The van der Waals surface area contributed by atoms with E-state index in [-0.39, 0.29) is 11.4 Å². The summed E-state index contributed by atoms with van der Waals surface area (Å²) < 4.78 is 34.0. The van der Waals surface area contributed by atoms with Gasteiger partial charge in [0.25, 0.3) is 0 Å². The Hall–Kier alpha value is -2.71. The number of hydrogen-bond acceptors (Lipinski definition) is 5. The van der Waals surface area contributed by atoms with Crippen molar-refractivity contribution in [2.24, 2.45) is 7.05 Å². The van der Waals surface area contributed by atoms with Gasteiger partial charge in [0.15, 0.2) is 0 Å². The Morgan fingerprint density at radius 3 is 2.56 bits per heavy atom. The van der Waals surface area contributed by atoms with Gasteiger partial charge in [-0.3, -0.25) is 9.67 Å². The molecule has 130 valence electrons. The van der Waals surface area contributed by atoms with Gasteiger partial charge in [-0.1, -0.05) is 6.07 Å². The van der Waals surface area contributed by atoms with E-state index in [1.165, 1.54) is 19.2 Å². The quantitative estimate of drug-likeness (QED) is 0.728. The number of ether oxygens (including phenoxy) is 1. The minimum absolute atomic E-state index is 0.0923. The fraction of sp³-hybridized carbons (Fsp3) is 0.176. The fourth-order valence-electron chi connectivity index (χ4n) is 2.37. The van der Waals surface area contributed by atoms with E-state index in [1.54, 1.807) is 30.1 Å². The zero-order valence-corrected chi connectivity index (χ0v) is 14.7. The molecule has 0 unspecified atom stereocenters. The smallest absolute Gasteiger partial charge is 0.240 e. The molecule has 0 atom stereocenters. The standard InChI is InChI=1S/C17H18N4O3S/c1-21-17(16-5-3-4-10-18-16)11-13(20-21)12-19-25(22,23)15-8-6-14(24-2)7-9-15/h3-11,19H,12H2,1-2H3. The number of hydrogen-bond donors (Lipinski definition) is 1. The number of aryl methyl sites for hydroxylation is 1. The van der Waals surface area contributed by atoms with Crippen LogP contribution in [0.25, 0.3) is 11.4 Å². The van der Waals surface area contributed by atoms with Crippen LogP contribution in [0.2, 0.25) is 0 Å². The second-order valence-electron chi connectivity index (χ2n) is 5.36. The van der Waals surface area contributed by atoms with Crippen LogP contribution in [0.1, 0.15) is 5.69 Å². The predicted molar refractivity (Wildman–Crippen MR) is 93.5 cm³/mol. The molecule has 0 aliphatic rings. The van der Waals surface area contributed by atoms with E-state index in [1.807, 2.05) is 24.3 Å². The van der Waals surface area contributed by atoms with Gasteiger partial charge in [0.2, 0.25) is 10.0 Å². The van der Waals surface area contributed by atoms with Crippen molar-refractivity contribution >= 4 is 10.0 Å². The third-order valence-corrected chi connectivity index (χ3v) is 5.09. The molecule has 0 amide bonds. The van der Waals surface area contributed by atoms with E-state index in [2.05, 4.69) is 14.8 Å². The maximum atomic E-state index is 12.4. The van der Waals surface area contributed by atoms with Crippen molar-refractivity contribution in [1.82, 2.24) is 19.5 Å². The number of nitrogens with zero attached hydrogens (tertiary/aromatic N) is 3. The van der Waals surface area contributed by atoms with Gasteiger partial charge in [-0.15, -0.1) is 0 Å². The van der Waals surface area contributed by atoms with Crippen LogP contribution in [0.15, 0.2) is 59.6 Å². The van der Waals surface area contributed by atoms with E-state index in [0.29, 0.717) is 11.4 Å². The van der Waals surface area contributed by atoms with Gasteiger partial charge < -0.3 is 4.74 Å². The Balaban J connectivity index is 1.75. The number of methoxy groups -OCH3 is 1. The zero-order chi connectivity index (χ0) is 17.9. The first-order chi connectivity index (χ1) is 12.0. The molecule has 25 heavy (non-hydrogen) atoms. The average Bonchev–Trinajstić information content (AvgIpc) is 3.02. The van der Waals surface area contributed by atoms with Crippen molar-refractivity contribution < 1.29 is 13.2 Å². The molecule has 1 aromatic carbocycles. The topological polar surface area (TPSA) is 86.1 Å². The van der Waals surface area contributed by atoms with Crippen LogP contribution in [0.5, 0.6) is 5.75 Å². The first kappa shape index (κ1) is 17.1. The molecule has 3 rings (SSSR count). The molecule has 7 nitrogen and oxygen atoms in total. The maximum absolute atomic E-state index is 12.4. The highest BCUT2D eigenvalue weighted by Gasteiger charge is 2.15. The van der Waals surface area contributed by atoms with Crippen molar-refractivity contribution in [3.63, 3.8) is 0 Å². The summed E-state index contributed by atoms with van der Waals surface area (Å²) in [6.07, 6.45) is 1.70. The highest BCUT2D eigenvalue weighted by atomic mass is 32.2. The molecular formula is C17H18N4O3S. The second kappa shape index (κ2) is 7.04. The number of pyridine rings is 1. The molecule has 0 bridgehead atoms. The lowest BCUT2D eigenvalue weighted by Gasteiger charge is -2.06. The van der Waals surface area contributed by atoms with Gasteiger partial charge >= 0.3 is 0 Å². The lowest BCUT2D eigenvalue weighted by Crippen LogP contribution is -2.23. The van der Waals surface area contributed by atoms with Crippen LogP contribution in [-0.4, -0.2) is 30.3 Å². The molecular weight excluding hydrogens is 340 g/mol. The van der Waals surface area contributed by atoms with Crippen LogP contribution < -0.4 is 9.46 Å². The molecule has 0 radical (unpaired) electrons. The molecule has 0 aliphatic carbocycles. The summed E-state index contributed by atoms with van der Waals surface area (Å²) in [5, 5.41) is 4.34. The molecule has 8 heteroatoms. The van der Waals surface area contributed by atoms with E-state index in [9.17, 15) is 8.42 Å². The molecule has 0 saturated heterocycles. The van der Waals surface area contributed by atoms with Gasteiger partial charge in [-0.05, 0) is 42.5 Å². The van der Waals surface area contributed by atoms with Crippen LogP contribution >= 0.6 is 0 Å². The molecule has 3 aromatic rings. The number of sulfonamides is 1. The summed E-state index contributed by atoms with van der Waals surface area (Å²) in [6.45, 7) is 0.0923. The van der Waals surface area contributed by atoms with Crippen molar-refractivity contribution in [3.05, 3.63) is 60.4 Å². The summed E-state index contributed by atoms with van der Waals surface area (Å²) in [4.78, 5) is 4.46. The Labute approximate surface area is 146 Å². The van der Waals surface area contributed by atoms with Crippen LogP contribution in [0.3, 0.4) is 0 Å². The number of aromatic nitrogens is 3. The zero-order valence-electron chi connectivity index (χ0n) is 13.9. The molecule has 0 fully saturated rings. The van der Waals surface area contributed by atoms with E-state index < -0.39 is 10.0 Å². The summed E-state index contributed by atoms with van der Waals surface area (Å²) in [5.74, 6) is 0.601. The van der Waals surface area contributed by atoms with Gasteiger partial charge in [-0.2, -0.15) is 5.10 Å². The summed E-state index contributed by atoms with van der Waals surface area (Å²) in [7, 11) is -0.295. The monoisotopic (exact) mass is 358 g/mol. The number of rotatable bonds is 6. The largest absolute Gasteiger partial charge is 0.497 e. The molecule has 0 saturated carbocycles. The predicted octanol–water partition coefficient (Wildman–Crippen LogP) is 1.97. The number of benzene rings is 1. The molecule has 2 heterocycles. The van der Waals surface area contributed by atoms with Crippen molar-refractivity contribution in [1.29, 1.82) is 0 Å². The fourth-order valence-corrected chi connectivity index (χ4v) is 3.37. The lowest BCUT2D eigenvalue weighted by atomic mass is 10.2. The van der Waals surface area contributed by atoms with E-state index in [4.69, 9.17) is 4.74 Å². The third kappa shape index (κ3) is 3.86. The Kier molecular flexibility index (Phi) is 4.82. The molecule has 1 N–H and O–H groups in total. The van der Waals surface area contributed by atoms with E-state index >= 15 is 0 Å². The minimum atomic E-state index is -3.62. The highest BCUT2D eigenvalue weighted by Crippen LogP contribution is 2.18. The molecule has 2 aromatic heterocycles. The van der Waals surface area contributed by atoms with E-state index in [0.717, 1.165) is 11.4 Å². The van der Waals surface area contributed by atoms with Crippen LogP contribution in [0.4, 0.5) is 0 Å². The SMILES string of the molecule is COc1ccc(S(=O)(=O)NCc2cc(-c3ccccn3)n(C)n2)cc1. The van der Waals surface area contributed by atoms with Gasteiger partial charge in [-0.25, -0.2) is 13.1 Å². The summed E-state index contributed by atoms with van der Waals surface area (Å²) in [6, 6.07) is 13.6. The van der Waals surface area contributed by atoms with Gasteiger partial charge in [0, 0.05) is 13.2 Å². The second-order valence-corrected chi connectivity index (χ2v) is 7.13. The Morgan fingerprint density at radius 2 is 1.92 bits per heavy atom. The normalized spacial score (nSPS) is 11.4. The lowest BCUT2D eigenvalue weighted by molar-refractivity contribution is 0.414. The first-order valence-electron chi connectivity index (χ1n) is 7.57.